The summed E-state index contributed by atoms with van der Waals surface area (Å²) in [6.07, 6.45) is 0. The number of ether oxygens (including phenoxy) is 3. The Morgan fingerprint density at radius 2 is 2.10 bits per heavy atom. The van der Waals surface area contributed by atoms with Gasteiger partial charge in [-0.3, -0.25) is 0 Å². The average molecular weight is 348 g/mol. The van der Waals surface area contributed by atoms with Gasteiger partial charge in [-0.25, -0.2) is 0 Å². The van der Waals surface area contributed by atoms with E-state index in [2.05, 4.69) is 21.2 Å². The molecule has 0 saturated heterocycles. The minimum atomic E-state index is 0.0587. The molecule has 0 heterocycles. The number of rotatable bonds is 10. The molecule has 0 aliphatic rings. The van der Waals surface area contributed by atoms with Gasteiger partial charge in [-0.05, 0) is 40.5 Å². The lowest BCUT2D eigenvalue weighted by atomic mass is 10.2. The van der Waals surface area contributed by atoms with E-state index in [1.807, 2.05) is 19.1 Å². The second-order valence-corrected chi connectivity index (χ2v) is 4.91. The van der Waals surface area contributed by atoms with Crippen molar-refractivity contribution in [2.75, 3.05) is 40.1 Å². The van der Waals surface area contributed by atoms with E-state index in [0.717, 1.165) is 22.3 Å². The summed E-state index contributed by atoms with van der Waals surface area (Å²) in [4.78, 5) is 0. The van der Waals surface area contributed by atoms with Gasteiger partial charge in [0.2, 0.25) is 0 Å². The van der Waals surface area contributed by atoms with Crippen molar-refractivity contribution in [1.82, 2.24) is 5.32 Å². The first kappa shape index (κ1) is 17.2. The predicted octanol–water partition coefficient (Wildman–Crippen LogP) is 1.95. The highest BCUT2D eigenvalue weighted by Gasteiger charge is 2.10. The van der Waals surface area contributed by atoms with Crippen LogP contribution in [0.25, 0.3) is 0 Å². The summed E-state index contributed by atoms with van der Waals surface area (Å²) in [5.74, 6) is 1.44. The lowest BCUT2D eigenvalue weighted by molar-refractivity contribution is 0.0938. The molecule has 0 amide bonds. The molecule has 6 heteroatoms. The number of halogens is 1. The first-order valence-electron chi connectivity index (χ1n) is 6.61. The molecule has 20 heavy (non-hydrogen) atoms. The molecule has 1 rings (SSSR count). The third-order valence-electron chi connectivity index (χ3n) is 2.56. The fourth-order valence-electron chi connectivity index (χ4n) is 1.73. The molecule has 1 aromatic rings. The highest BCUT2D eigenvalue weighted by molar-refractivity contribution is 9.10. The van der Waals surface area contributed by atoms with Gasteiger partial charge in [0.1, 0.15) is 0 Å². The van der Waals surface area contributed by atoms with Gasteiger partial charge in [-0.15, -0.1) is 0 Å². The standard InChI is InChI=1S/C14H22BrNO4/c1-3-20-13-9-11(8-12(15)14(13)18-2)10-16-4-6-19-7-5-17/h8-9,16-17H,3-7,10H2,1-2H3. The quantitative estimate of drug-likeness (QED) is 0.633. The highest BCUT2D eigenvalue weighted by Crippen LogP contribution is 2.36. The van der Waals surface area contributed by atoms with Gasteiger partial charge in [0.15, 0.2) is 11.5 Å². The molecule has 0 atom stereocenters. The zero-order valence-corrected chi connectivity index (χ0v) is 13.5. The van der Waals surface area contributed by atoms with Crippen LogP contribution in [0, 0.1) is 0 Å². The summed E-state index contributed by atoms with van der Waals surface area (Å²) in [5, 5.41) is 11.9. The molecule has 2 N–H and O–H groups in total. The molecule has 0 bridgehead atoms. The monoisotopic (exact) mass is 347 g/mol. The van der Waals surface area contributed by atoms with Crippen LogP contribution in [0.3, 0.4) is 0 Å². The van der Waals surface area contributed by atoms with Gasteiger partial charge in [-0.1, -0.05) is 0 Å². The summed E-state index contributed by atoms with van der Waals surface area (Å²) in [6.45, 7) is 4.99. The molecule has 1 aromatic carbocycles. The summed E-state index contributed by atoms with van der Waals surface area (Å²) >= 11 is 3.49. The number of methoxy groups -OCH3 is 1. The maximum atomic E-state index is 8.59. The Bertz CT molecular complexity index is 401. The van der Waals surface area contributed by atoms with Crippen LogP contribution in [-0.4, -0.2) is 45.2 Å². The fraction of sp³-hybridized carbons (Fsp3) is 0.571. The van der Waals surface area contributed by atoms with Crippen molar-refractivity contribution in [2.24, 2.45) is 0 Å². The van der Waals surface area contributed by atoms with E-state index in [4.69, 9.17) is 19.3 Å². The highest BCUT2D eigenvalue weighted by atomic mass is 79.9. The molecule has 0 radical (unpaired) electrons. The summed E-state index contributed by atoms with van der Waals surface area (Å²) in [6, 6.07) is 3.97. The maximum absolute atomic E-state index is 8.59. The molecule has 5 nitrogen and oxygen atoms in total. The Morgan fingerprint density at radius 3 is 2.75 bits per heavy atom. The SMILES string of the molecule is CCOc1cc(CNCCOCCO)cc(Br)c1OC. The van der Waals surface area contributed by atoms with Crippen LogP contribution >= 0.6 is 15.9 Å². The van der Waals surface area contributed by atoms with E-state index in [9.17, 15) is 0 Å². The van der Waals surface area contributed by atoms with Crippen molar-refractivity contribution in [1.29, 1.82) is 0 Å². The first-order valence-corrected chi connectivity index (χ1v) is 7.40. The zero-order valence-electron chi connectivity index (χ0n) is 11.9. The van der Waals surface area contributed by atoms with Crippen LogP contribution in [-0.2, 0) is 11.3 Å². The van der Waals surface area contributed by atoms with Crippen molar-refractivity contribution in [2.45, 2.75) is 13.5 Å². The predicted molar refractivity (Wildman–Crippen MR) is 81.5 cm³/mol. The number of benzene rings is 1. The van der Waals surface area contributed by atoms with Gasteiger partial charge in [-0.2, -0.15) is 0 Å². The number of nitrogens with one attached hydrogen (secondary N) is 1. The largest absolute Gasteiger partial charge is 0.492 e. The molecule has 0 spiro atoms. The van der Waals surface area contributed by atoms with Crippen LogP contribution in [0.4, 0.5) is 0 Å². The maximum Gasteiger partial charge on any atom is 0.174 e. The zero-order chi connectivity index (χ0) is 14.8. The van der Waals surface area contributed by atoms with Gasteiger partial charge in [0.05, 0.1) is 38.0 Å². The Balaban J connectivity index is 2.53. The summed E-state index contributed by atoms with van der Waals surface area (Å²) in [5.41, 5.74) is 1.10. The van der Waals surface area contributed by atoms with E-state index in [0.29, 0.717) is 32.1 Å². The van der Waals surface area contributed by atoms with Crippen molar-refractivity contribution < 1.29 is 19.3 Å². The molecule has 0 aromatic heterocycles. The molecule has 0 unspecified atom stereocenters. The van der Waals surface area contributed by atoms with Crippen molar-refractivity contribution in [3.05, 3.63) is 22.2 Å². The topological polar surface area (TPSA) is 60.0 Å². The Hall–Kier alpha value is -0.820. The number of hydrogen-bond donors (Lipinski definition) is 2. The van der Waals surface area contributed by atoms with Crippen LogP contribution in [0.5, 0.6) is 11.5 Å². The van der Waals surface area contributed by atoms with Gasteiger partial charge >= 0.3 is 0 Å². The molecule has 0 fully saturated rings. The van der Waals surface area contributed by atoms with E-state index in [-0.39, 0.29) is 6.61 Å². The number of aliphatic hydroxyl groups excluding tert-OH is 1. The Morgan fingerprint density at radius 1 is 1.30 bits per heavy atom. The first-order chi connectivity index (χ1) is 9.72. The smallest absolute Gasteiger partial charge is 0.174 e. The average Bonchev–Trinajstić information content (AvgIpc) is 2.43. The third kappa shape index (κ3) is 5.66. The third-order valence-corrected chi connectivity index (χ3v) is 3.15. The summed E-state index contributed by atoms with van der Waals surface area (Å²) < 4.78 is 16.9. The van der Waals surface area contributed by atoms with Gasteiger partial charge < -0.3 is 24.6 Å². The van der Waals surface area contributed by atoms with Crippen LogP contribution in [0.15, 0.2) is 16.6 Å². The number of hydrogen-bond acceptors (Lipinski definition) is 5. The minimum absolute atomic E-state index is 0.0587. The van der Waals surface area contributed by atoms with Gasteiger partial charge in [0.25, 0.3) is 0 Å². The Labute approximate surface area is 128 Å². The molecular weight excluding hydrogens is 326 g/mol. The van der Waals surface area contributed by atoms with E-state index in [1.165, 1.54) is 0 Å². The lowest BCUT2D eigenvalue weighted by Gasteiger charge is -2.13. The molecule has 0 aliphatic heterocycles. The summed E-state index contributed by atoms with van der Waals surface area (Å²) in [7, 11) is 1.62. The van der Waals surface area contributed by atoms with Crippen LogP contribution < -0.4 is 14.8 Å². The fourth-order valence-corrected chi connectivity index (χ4v) is 2.38. The molecule has 114 valence electrons. The van der Waals surface area contributed by atoms with E-state index in [1.54, 1.807) is 7.11 Å². The van der Waals surface area contributed by atoms with Crippen molar-refractivity contribution in [3.8, 4) is 11.5 Å². The molecular formula is C14H22BrNO4. The normalized spacial score (nSPS) is 10.6. The molecule has 0 aliphatic carbocycles. The van der Waals surface area contributed by atoms with Crippen LogP contribution in [0.2, 0.25) is 0 Å². The van der Waals surface area contributed by atoms with E-state index >= 15 is 0 Å². The minimum Gasteiger partial charge on any atom is -0.492 e. The van der Waals surface area contributed by atoms with Crippen molar-refractivity contribution in [3.63, 3.8) is 0 Å². The van der Waals surface area contributed by atoms with Crippen molar-refractivity contribution >= 4 is 15.9 Å². The second-order valence-electron chi connectivity index (χ2n) is 4.05. The number of aliphatic hydroxyl groups is 1. The van der Waals surface area contributed by atoms with E-state index < -0.39 is 0 Å². The second kappa shape index (κ2) is 9.99. The van der Waals surface area contributed by atoms with Gasteiger partial charge in [0, 0.05) is 13.1 Å². The Kier molecular flexibility index (Phi) is 8.60. The van der Waals surface area contributed by atoms with Crippen LogP contribution in [0.1, 0.15) is 12.5 Å². The lowest BCUT2D eigenvalue weighted by Crippen LogP contribution is -2.20. The molecule has 0 saturated carbocycles.